The van der Waals surface area contributed by atoms with Crippen LogP contribution in [0.15, 0.2) is 41.1 Å². The van der Waals surface area contributed by atoms with Crippen LogP contribution in [0.1, 0.15) is 18.5 Å². The maximum absolute atomic E-state index is 11.9. The predicted molar refractivity (Wildman–Crippen MR) is 82.4 cm³/mol. The molecule has 4 nitrogen and oxygen atoms in total. The third-order valence-corrected chi connectivity index (χ3v) is 3.67. The highest BCUT2D eigenvalue weighted by atomic mass is 32.1. The molecule has 0 saturated heterocycles. The quantitative estimate of drug-likeness (QED) is 0.859. The Kier molecular flexibility index (Phi) is 5.15. The molecule has 0 aliphatic heterocycles. The first kappa shape index (κ1) is 14.6. The molecule has 1 amide bonds. The molecule has 2 N–H and O–H groups in total. The van der Waals surface area contributed by atoms with E-state index >= 15 is 0 Å². The molecule has 1 heterocycles. The van der Waals surface area contributed by atoms with Crippen LogP contribution in [0.5, 0.6) is 5.75 Å². The van der Waals surface area contributed by atoms with Crippen LogP contribution in [-0.4, -0.2) is 19.6 Å². The maximum atomic E-state index is 11.9. The fraction of sp³-hybridized carbons (Fsp3) is 0.267. The summed E-state index contributed by atoms with van der Waals surface area (Å²) in [7, 11) is 1.60. The molecule has 1 unspecified atom stereocenters. The average molecular weight is 290 g/mol. The summed E-state index contributed by atoms with van der Waals surface area (Å²) in [6.45, 7) is 2.31. The number of anilines is 1. The molecule has 5 heteroatoms. The molecule has 1 atom stereocenters. The van der Waals surface area contributed by atoms with E-state index in [0.717, 1.165) is 11.4 Å². The van der Waals surface area contributed by atoms with Gasteiger partial charge in [0.25, 0.3) is 0 Å². The number of carbonyl (C=O) groups is 1. The third-order valence-electron chi connectivity index (χ3n) is 2.97. The van der Waals surface area contributed by atoms with Gasteiger partial charge >= 0.3 is 0 Å². The molecule has 0 saturated carbocycles. The van der Waals surface area contributed by atoms with E-state index in [9.17, 15) is 4.79 Å². The van der Waals surface area contributed by atoms with Gasteiger partial charge in [0.05, 0.1) is 13.7 Å². The lowest BCUT2D eigenvalue weighted by Gasteiger charge is -2.12. The minimum Gasteiger partial charge on any atom is -0.497 e. The van der Waals surface area contributed by atoms with Crippen LogP contribution in [-0.2, 0) is 4.79 Å². The van der Waals surface area contributed by atoms with Crippen LogP contribution >= 0.6 is 11.3 Å². The van der Waals surface area contributed by atoms with Gasteiger partial charge in [-0.15, -0.1) is 0 Å². The topological polar surface area (TPSA) is 50.4 Å². The summed E-state index contributed by atoms with van der Waals surface area (Å²) in [5, 5.41) is 10.1. The van der Waals surface area contributed by atoms with Gasteiger partial charge in [-0.1, -0.05) is 6.07 Å². The largest absolute Gasteiger partial charge is 0.497 e. The number of amides is 1. The first-order valence-electron chi connectivity index (χ1n) is 6.38. The lowest BCUT2D eigenvalue weighted by molar-refractivity contribution is -0.115. The Morgan fingerprint density at radius 2 is 2.25 bits per heavy atom. The van der Waals surface area contributed by atoms with Crippen LogP contribution in [0.4, 0.5) is 5.69 Å². The molecule has 1 aromatic heterocycles. The van der Waals surface area contributed by atoms with Crippen LogP contribution < -0.4 is 15.4 Å². The molecule has 0 radical (unpaired) electrons. The van der Waals surface area contributed by atoms with Crippen LogP contribution in [0.25, 0.3) is 0 Å². The zero-order valence-electron chi connectivity index (χ0n) is 11.6. The average Bonchev–Trinajstić information content (AvgIpc) is 2.99. The number of thiophene rings is 1. The fourth-order valence-corrected chi connectivity index (χ4v) is 2.55. The highest BCUT2D eigenvalue weighted by Gasteiger charge is 2.08. The molecule has 0 aliphatic rings. The number of methoxy groups -OCH3 is 1. The Bertz CT molecular complexity index is 555. The normalized spacial score (nSPS) is 11.9. The van der Waals surface area contributed by atoms with Gasteiger partial charge in [0, 0.05) is 17.8 Å². The van der Waals surface area contributed by atoms with E-state index in [4.69, 9.17) is 4.74 Å². The summed E-state index contributed by atoms with van der Waals surface area (Å²) in [6, 6.07) is 9.53. The Labute approximate surface area is 122 Å². The van der Waals surface area contributed by atoms with E-state index in [2.05, 4.69) is 22.1 Å². The first-order valence-corrected chi connectivity index (χ1v) is 7.32. The molecule has 1 aromatic carbocycles. The van der Waals surface area contributed by atoms with Gasteiger partial charge in [-0.3, -0.25) is 4.79 Å². The van der Waals surface area contributed by atoms with E-state index < -0.39 is 0 Å². The second-order valence-electron chi connectivity index (χ2n) is 4.44. The zero-order chi connectivity index (χ0) is 14.4. The Morgan fingerprint density at radius 1 is 1.40 bits per heavy atom. The number of benzene rings is 1. The zero-order valence-corrected chi connectivity index (χ0v) is 12.4. The maximum Gasteiger partial charge on any atom is 0.238 e. The molecule has 20 heavy (non-hydrogen) atoms. The van der Waals surface area contributed by atoms with Crippen molar-refractivity contribution in [3.63, 3.8) is 0 Å². The van der Waals surface area contributed by atoms with Crippen molar-refractivity contribution in [2.75, 3.05) is 19.0 Å². The summed E-state index contributed by atoms with van der Waals surface area (Å²) in [6.07, 6.45) is 0. The highest BCUT2D eigenvalue weighted by Crippen LogP contribution is 2.17. The number of ether oxygens (including phenoxy) is 1. The molecule has 0 fully saturated rings. The van der Waals surface area contributed by atoms with Gasteiger partial charge < -0.3 is 15.4 Å². The van der Waals surface area contributed by atoms with E-state index in [1.807, 2.05) is 30.5 Å². The first-order chi connectivity index (χ1) is 9.69. The number of hydrogen-bond donors (Lipinski definition) is 2. The van der Waals surface area contributed by atoms with Gasteiger partial charge in [0.2, 0.25) is 5.91 Å². The molecule has 106 valence electrons. The molecule has 0 spiro atoms. The van der Waals surface area contributed by atoms with Crippen LogP contribution in [0.2, 0.25) is 0 Å². The Balaban J connectivity index is 1.83. The lowest BCUT2D eigenvalue weighted by atomic mass is 10.2. The summed E-state index contributed by atoms with van der Waals surface area (Å²) in [4.78, 5) is 11.9. The fourth-order valence-electron chi connectivity index (χ4n) is 1.79. The smallest absolute Gasteiger partial charge is 0.238 e. The second kappa shape index (κ2) is 7.07. The van der Waals surface area contributed by atoms with E-state index in [-0.39, 0.29) is 18.5 Å². The van der Waals surface area contributed by atoms with Crippen molar-refractivity contribution < 1.29 is 9.53 Å². The standard InChI is InChI=1S/C15H18N2O2S/c1-11(12-6-7-20-10-12)16-9-15(18)17-13-4-3-5-14(8-13)19-2/h3-8,10-11,16H,9H2,1-2H3,(H,17,18). The van der Waals surface area contributed by atoms with Crippen molar-refractivity contribution in [2.24, 2.45) is 0 Å². The van der Waals surface area contributed by atoms with Crippen LogP contribution in [0.3, 0.4) is 0 Å². The number of rotatable bonds is 6. The molecule has 0 bridgehead atoms. The molecular formula is C15H18N2O2S. The minimum absolute atomic E-state index is 0.0691. The monoisotopic (exact) mass is 290 g/mol. The molecule has 2 aromatic rings. The van der Waals surface area contributed by atoms with E-state index in [0.29, 0.717) is 0 Å². The van der Waals surface area contributed by atoms with Crippen molar-refractivity contribution in [2.45, 2.75) is 13.0 Å². The number of nitrogens with one attached hydrogen (secondary N) is 2. The Hall–Kier alpha value is -1.85. The summed E-state index contributed by atoms with van der Waals surface area (Å²) >= 11 is 1.65. The number of carbonyl (C=O) groups excluding carboxylic acids is 1. The third kappa shape index (κ3) is 4.08. The van der Waals surface area contributed by atoms with E-state index in [1.54, 1.807) is 24.5 Å². The van der Waals surface area contributed by atoms with Crippen molar-refractivity contribution >= 4 is 22.9 Å². The minimum atomic E-state index is -0.0691. The van der Waals surface area contributed by atoms with Crippen molar-refractivity contribution in [3.8, 4) is 5.75 Å². The predicted octanol–water partition coefficient (Wildman–Crippen LogP) is 3.05. The Morgan fingerprint density at radius 3 is 2.95 bits per heavy atom. The van der Waals surface area contributed by atoms with Gasteiger partial charge in [-0.05, 0) is 41.4 Å². The lowest BCUT2D eigenvalue weighted by Crippen LogP contribution is -2.29. The highest BCUT2D eigenvalue weighted by molar-refractivity contribution is 7.07. The van der Waals surface area contributed by atoms with Gasteiger partial charge in [0.15, 0.2) is 0 Å². The SMILES string of the molecule is COc1cccc(NC(=O)CNC(C)c2ccsc2)c1. The summed E-state index contributed by atoms with van der Waals surface area (Å²) in [5.41, 5.74) is 1.93. The number of hydrogen-bond acceptors (Lipinski definition) is 4. The van der Waals surface area contributed by atoms with Gasteiger partial charge in [-0.25, -0.2) is 0 Å². The van der Waals surface area contributed by atoms with Gasteiger partial charge in [0.1, 0.15) is 5.75 Å². The summed E-state index contributed by atoms with van der Waals surface area (Å²) < 4.78 is 5.12. The molecule has 0 aliphatic carbocycles. The van der Waals surface area contributed by atoms with Crippen molar-refractivity contribution in [1.29, 1.82) is 0 Å². The van der Waals surface area contributed by atoms with E-state index in [1.165, 1.54) is 5.56 Å². The van der Waals surface area contributed by atoms with Crippen molar-refractivity contribution in [3.05, 3.63) is 46.7 Å². The molecular weight excluding hydrogens is 272 g/mol. The van der Waals surface area contributed by atoms with Crippen molar-refractivity contribution in [1.82, 2.24) is 5.32 Å². The van der Waals surface area contributed by atoms with Gasteiger partial charge in [-0.2, -0.15) is 11.3 Å². The molecule has 2 rings (SSSR count). The second-order valence-corrected chi connectivity index (χ2v) is 5.22. The van der Waals surface area contributed by atoms with Crippen LogP contribution in [0, 0.1) is 0 Å². The summed E-state index contributed by atoms with van der Waals surface area (Å²) in [5.74, 6) is 0.655.